The van der Waals surface area contributed by atoms with Gasteiger partial charge in [-0.3, -0.25) is 9.79 Å². The minimum atomic E-state index is 0.0651. The van der Waals surface area contributed by atoms with Crippen LogP contribution in [-0.4, -0.2) is 30.6 Å². The van der Waals surface area contributed by atoms with Gasteiger partial charge in [-0.2, -0.15) is 0 Å². The third kappa shape index (κ3) is 1.43. The molecule has 1 rings (SSSR count). The van der Waals surface area contributed by atoms with Gasteiger partial charge in [0.15, 0.2) is 5.78 Å². The Kier molecular flexibility index (Phi) is 1.85. The van der Waals surface area contributed by atoms with Gasteiger partial charge in [-0.05, 0) is 6.92 Å². The number of aliphatic imine (C=N–C) groups is 1. The van der Waals surface area contributed by atoms with E-state index in [1.165, 1.54) is 6.92 Å². The van der Waals surface area contributed by atoms with Crippen LogP contribution >= 0.6 is 0 Å². The number of carbonyl (C=O) groups is 1. The summed E-state index contributed by atoms with van der Waals surface area (Å²) in [5, 5.41) is 0. The molecule has 54 valence electrons. The lowest BCUT2D eigenvalue weighted by molar-refractivity contribution is -0.113. The first-order valence-corrected chi connectivity index (χ1v) is 3.13. The van der Waals surface area contributed by atoms with E-state index in [0.717, 1.165) is 0 Å². The molecule has 0 unspecified atom stereocenters. The van der Waals surface area contributed by atoms with E-state index in [1.807, 2.05) is 11.9 Å². The number of Topliss-reactive ketones (excluding diaryl/α,β-unsaturated/α-hetero) is 1. The number of carbonyl (C=O) groups excluding carboxylic acids is 1. The van der Waals surface area contributed by atoms with E-state index in [2.05, 4.69) is 4.99 Å². The molecule has 0 saturated heterocycles. The highest BCUT2D eigenvalue weighted by Gasteiger charge is 2.04. The van der Waals surface area contributed by atoms with Crippen molar-refractivity contribution in [2.45, 2.75) is 6.92 Å². The van der Waals surface area contributed by atoms with Gasteiger partial charge < -0.3 is 4.90 Å². The molecule has 0 aromatic heterocycles. The Morgan fingerprint density at radius 3 is 2.90 bits per heavy atom. The molecule has 10 heavy (non-hydrogen) atoms. The Morgan fingerprint density at radius 1 is 1.80 bits per heavy atom. The molecule has 0 spiro atoms. The van der Waals surface area contributed by atoms with Crippen molar-refractivity contribution >= 4 is 12.0 Å². The summed E-state index contributed by atoms with van der Waals surface area (Å²) in [6.45, 7) is 2.19. The van der Waals surface area contributed by atoms with Crippen LogP contribution in [0.25, 0.3) is 0 Å². The zero-order chi connectivity index (χ0) is 7.56. The van der Waals surface area contributed by atoms with E-state index < -0.39 is 0 Å². The van der Waals surface area contributed by atoms with Gasteiger partial charge >= 0.3 is 0 Å². The summed E-state index contributed by atoms with van der Waals surface area (Å²) in [5.41, 5.74) is 0.675. The SMILES string of the molecule is CC(=O)C1=CN(C)CN=C1. The fourth-order valence-electron chi connectivity index (χ4n) is 0.761. The number of rotatable bonds is 1. The van der Waals surface area contributed by atoms with E-state index in [-0.39, 0.29) is 5.78 Å². The first-order valence-electron chi connectivity index (χ1n) is 3.13. The molecule has 0 N–H and O–H groups in total. The van der Waals surface area contributed by atoms with E-state index >= 15 is 0 Å². The van der Waals surface area contributed by atoms with E-state index in [1.54, 1.807) is 12.4 Å². The molecular formula is C7H10N2O. The molecule has 3 heteroatoms. The summed E-state index contributed by atoms with van der Waals surface area (Å²) in [7, 11) is 1.89. The van der Waals surface area contributed by atoms with Gasteiger partial charge in [-0.25, -0.2) is 0 Å². The molecule has 0 bridgehead atoms. The second-order valence-corrected chi connectivity index (χ2v) is 2.35. The molecule has 0 aromatic rings. The standard InChI is InChI=1S/C7H10N2O/c1-6(10)7-3-8-5-9(2)4-7/h3-4H,5H2,1-2H3. The first kappa shape index (κ1) is 6.99. The minimum absolute atomic E-state index is 0.0651. The molecule has 0 amide bonds. The van der Waals surface area contributed by atoms with E-state index in [0.29, 0.717) is 12.2 Å². The van der Waals surface area contributed by atoms with Crippen LogP contribution in [0, 0.1) is 0 Å². The van der Waals surface area contributed by atoms with Crippen LogP contribution < -0.4 is 0 Å². The van der Waals surface area contributed by atoms with Crippen molar-refractivity contribution in [3.8, 4) is 0 Å². The maximum Gasteiger partial charge on any atom is 0.162 e. The van der Waals surface area contributed by atoms with Crippen LogP contribution in [0.1, 0.15) is 6.92 Å². The lowest BCUT2D eigenvalue weighted by atomic mass is 10.2. The maximum absolute atomic E-state index is 10.8. The number of nitrogens with zero attached hydrogens (tertiary/aromatic N) is 2. The van der Waals surface area contributed by atoms with Crippen LogP contribution in [0.15, 0.2) is 16.8 Å². The van der Waals surface area contributed by atoms with Crippen LogP contribution in [0.2, 0.25) is 0 Å². The second-order valence-electron chi connectivity index (χ2n) is 2.35. The van der Waals surface area contributed by atoms with Crippen molar-refractivity contribution in [2.75, 3.05) is 13.7 Å². The number of hydrogen-bond donors (Lipinski definition) is 0. The summed E-state index contributed by atoms with van der Waals surface area (Å²) < 4.78 is 0. The molecule has 1 aliphatic rings. The fourth-order valence-corrected chi connectivity index (χ4v) is 0.761. The smallest absolute Gasteiger partial charge is 0.162 e. The Balaban J connectivity index is 2.76. The van der Waals surface area contributed by atoms with Gasteiger partial charge in [0.2, 0.25) is 0 Å². The van der Waals surface area contributed by atoms with E-state index in [9.17, 15) is 4.79 Å². The van der Waals surface area contributed by atoms with Gasteiger partial charge in [0.1, 0.15) is 6.67 Å². The highest BCUT2D eigenvalue weighted by molar-refractivity contribution is 6.12. The van der Waals surface area contributed by atoms with Gasteiger partial charge in [-0.1, -0.05) is 0 Å². The monoisotopic (exact) mass is 138 g/mol. The minimum Gasteiger partial charge on any atom is -0.361 e. The van der Waals surface area contributed by atoms with Crippen molar-refractivity contribution in [2.24, 2.45) is 4.99 Å². The van der Waals surface area contributed by atoms with Crippen molar-refractivity contribution < 1.29 is 4.79 Å². The molecule has 1 heterocycles. The number of allylic oxidation sites excluding steroid dienone is 1. The normalized spacial score (nSPS) is 17.0. The van der Waals surface area contributed by atoms with Gasteiger partial charge in [0.05, 0.1) is 5.57 Å². The summed E-state index contributed by atoms with van der Waals surface area (Å²) >= 11 is 0. The van der Waals surface area contributed by atoms with Crippen molar-refractivity contribution in [1.82, 2.24) is 4.90 Å². The topological polar surface area (TPSA) is 32.7 Å². The molecule has 0 saturated carbocycles. The molecule has 0 radical (unpaired) electrons. The maximum atomic E-state index is 10.8. The predicted molar refractivity (Wildman–Crippen MR) is 39.9 cm³/mol. The third-order valence-electron chi connectivity index (χ3n) is 1.30. The van der Waals surface area contributed by atoms with Crippen LogP contribution in [-0.2, 0) is 4.79 Å². The summed E-state index contributed by atoms with van der Waals surface area (Å²) in [6.07, 6.45) is 3.41. The molecule has 0 fully saturated rings. The largest absolute Gasteiger partial charge is 0.361 e. The van der Waals surface area contributed by atoms with Crippen LogP contribution in [0.5, 0.6) is 0 Å². The second kappa shape index (κ2) is 2.64. The zero-order valence-corrected chi connectivity index (χ0v) is 6.16. The Morgan fingerprint density at radius 2 is 2.50 bits per heavy atom. The van der Waals surface area contributed by atoms with Crippen LogP contribution in [0.4, 0.5) is 0 Å². The van der Waals surface area contributed by atoms with Crippen molar-refractivity contribution in [3.63, 3.8) is 0 Å². The van der Waals surface area contributed by atoms with Gasteiger partial charge in [0, 0.05) is 19.5 Å². The molecule has 0 atom stereocenters. The molecular weight excluding hydrogens is 128 g/mol. The fraction of sp³-hybridized carbons (Fsp3) is 0.429. The Hall–Kier alpha value is -1.12. The first-order chi connectivity index (χ1) is 4.70. The highest BCUT2D eigenvalue weighted by Crippen LogP contribution is 2.00. The Labute approximate surface area is 60.1 Å². The van der Waals surface area contributed by atoms with Gasteiger partial charge in [-0.15, -0.1) is 0 Å². The molecule has 1 aliphatic heterocycles. The predicted octanol–water partition coefficient (Wildman–Crippen LogP) is 0.433. The molecule has 3 nitrogen and oxygen atoms in total. The van der Waals surface area contributed by atoms with Crippen molar-refractivity contribution in [1.29, 1.82) is 0 Å². The highest BCUT2D eigenvalue weighted by atomic mass is 16.1. The quantitative estimate of drug-likeness (QED) is 0.526. The lowest BCUT2D eigenvalue weighted by Crippen LogP contribution is -2.18. The average molecular weight is 138 g/mol. The molecule has 0 aliphatic carbocycles. The Bertz CT molecular complexity index is 206. The van der Waals surface area contributed by atoms with Crippen LogP contribution in [0.3, 0.4) is 0 Å². The van der Waals surface area contributed by atoms with Gasteiger partial charge in [0.25, 0.3) is 0 Å². The summed E-state index contributed by atoms with van der Waals surface area (Å²) in [4.78, 5) is 16.6. The zero-order valence-electron chi connectivity index (χ0n) is 6.16. The van der Waals surface area contributed by atoms with Crippen molar-refractivity contribution in [3.05, 3.63) is 11.8 Å². The number of ketones is 1. The lowest BCUT2D eigenvalue weighted by Gasteiger charge is -2.15. The average Bonchev–Trinajstić information content (AvgIpc) is 1.88. The van der Waals surface area contributed by atoms with E-state index in [4.69, 9.17) is 0 Å². The summed E-state index contributed by atoms with van der Waals surface area (Å²) in [5.74, 6) is 0.0651. The number of hydrogen-bond acceptors (Lipinski definition) is 3. The summed E-state index contributed by atoms with van der Waals surface area (Å²) in [6, 6.07) is 0. The molecule has 0 aromatic carbocycles. The third-order valence-corrected chi connectivity index (χ3v) is 1.30.